The highest BCUT2D eigenvalue weighted by Crippen LogP contribution is 2.30. The number of nitrogens with zero attached hydrogens (tertiary/aromatic N) is 1. The molecule has 0 fully saturated rings. The first-order valence-electron chi connectivity index (χ1n) is 8.12. The van der Waals surface area contributed by atoms with E-state index in [1.165, 1.54) is 7.11 Å². The van der Waals surface area contributed by atoms with Crippen LogP contribution in [0.25, 0.3) is 0 Å². The number of benzene rings is 1. The fourth-order valence-electron chi connectivity index (χ4n) is 2.64. The number of methoxy groups -OCH3 is 1. The molecule has 1 aromatic carbocycles. The lowest BCUT2D eigenvalue weighted by Crippen LogP contribution is -2.36. The number of aromatic nitrogens is 1. The molecule has 1 atom stereocenters. The summed E-state index contributed by atoms with van der Waals surface area (Å²) in [4.78, 5) is 15.3. The highest BCUT2D eigenvalue weighted by molar-refractivity contribution is 5.76. The molecule has 1 aliphatic rings. The van der Waals surface area contributed by atoms with Gasteiger partial charge in [0.1, 0.15) is 18.1 Å². The zero-order chi connectivity index (χ0) is 19.4. The number of alkyl halides is 3. The third-order valence-corrected chi connectivity index (χ3v) is 4.00. The highest BCUT2D eigenvalue weighted by Gasteiger charge is 2.43. The van der Waals surface area contributed by atoms with E-state index in [-0.39, 0.29) is 6.61 Å². The fourth-order valence-corrected chi connectivity index (χ4v) is 2.64. The van der Waals surface area contributed by atoms with Crippen LogP contribution in [0.4, 0.5) is 13.2 Å². The Labute approximate surface area is 153 Å². The van der Waals surface area contributed by atoms with Crippen LogP contribution in [-0.4, -0.2) is 30.8 Å². The van der Waals surface area contributed by atoms with Crippen molar-refractivity contribution in [1.82, 2.24) is 10.3 Å². The Balaban J connectivity index is 1.71. The van der Waals surface area contributed by atoms with Crippen LogP contribution in [0.5, 0.6) is 11.5 Å². The molecule has 0 bridgehead atoms. The van der Waals surface area contributed by atoms with Crippen LogP contribution in [0.2, 0.25) is 0 Å². The third-order valence-electron chi connectivity index (χ3n) is 4.00. The molecule has 9 heteroatoms. The second-order valence-electron chi connectivity index (χ2n) is 5.83. The summed E-state index contributed by atoms with van der Waals surface area (Å²) in [5.74, 6) is -1.18. The van der Waals surface area contributed by atoms with Crippen LogP contribution >= 0.6 is 0 Å². The Hall–Kier alpha value is -2.81. The molecular weight excluding hydrogens is 365 g/mol. The lowest BCUT2D eigenvalue weighted by atomic mass is 9.99. The van der Waals surface area contributed by atoms with E-state index in [4.69, 9.17) is 9.47 Å². The predicted octanol–water partition coefficient (Wildman–Crippen LogP) is 2.92. The molecule has 0 saturated heterocycles. The predicted molar refractivity (Wildman–Crippen MR) is 88.2 cm³/mol. The molecule has 1 N–H and O–H groups in total. The number of hydrogen-bond acceptors (Lipinski definition) is 6. The van der Waals surface area contributed by atoms with Crippen molar-refractivity contribution in [3.8, 4) is 11.5 Å². The van der Waals surface area contributed by atoms with E-state index in [0.29, 0.717) is 35.7 Å². The summed E-state index contributed by atoms with van der Waals surface area (Å²) in [6.07, 6.45) is -4.06. The van der Waals surface area contributed by atoms with Crippen molar-refractivity contribution in [2.24, 2.45) is 0 Å². The van der Waals surface area contributed by atoms with Crippen molar-refractivity contribution in [2.75, 3.05) is 13.7 Å². The van der Waals surface area contributed by atoms with Crippen molar-refractivity contribution >= 4 is 5.97 Å². The van der Waals surface area contributed by atoms with E-state index in [2.05, 4.69) is 15.0 Å². The minimum Gasteiger partial charge on any atom is -0.495 e. The van der Waals surface area contributed by atoms with Gasteiger partial charge in [-0.2, -0.15) is 13.2 Å². The van der Waals surface area contributed by atoms with Crippen LogP contribution < -0.4 is 14.8 Å². The van der Waals surface area contributed by atoms with Crippen molar-refractivity contribution in [2.45, 2.75) is 25.4 Å². The van der Waals surface area contributed by atoms with Gasteiger partial charge in [-0.15, -0.1) is 0 Å². The summed E-state index contributed by atoms with van der Waals surface area (Å²) in [5, 5.41) is 2.77. The topological polar surface area (TPSA) is 69.7 Å². The first kappa shape index (κ1) is 19.0. The monoisotopic (exact) mass is 382 g/mol. The van der Waals surface area contributed by atoms with Gasteiger partial charge < -0.3 is 14.2 Å². The molecule has 0 aliphatic carbocycles. The molecule has 2 heterocycles. The van der Waals surface area contributed by atoms with Crippen LogP contribution in [-0.2, 0) is 22.6 Å². The van der Waals surface area contributed by atoms with Crippen molar-refractivity contribution in [1.29, 1.82) is 0 Å². The first-order chi connectivity index (χ1) is 12.9. The Kier molecular flexibility index (Phi) is 5.50. The summed E-state index contributed by atoms with van der Waals surface area (Å²) in [6, 6.07) is 8.53. The van der Waals surface area contributed by atoms with E-state index in [1.807, 2.05) is 0 Å². The second kappa shape index (κ2) is 7.83. The van der Waals surface area contributed by atoms with Crippen LogP contribution in [0.1, 0.15) is 23.0 Å². The van der Waals surface area contributed by atoms with Crippen LogP contribution in [0, 0.1) is 0 Å². The normalized spacial score (nSPS) is 16.4. The number of hydrogen-bond donors (Lipinski definition) is 1. The average molecular weight is 382 g/mol. The molecule has 1 aromatic heterocycles. The zero-order valence-corrected chi connectivity index (χ0v) is 14.4. The van der Waals surface area contributed by atoms with Crippen molar-refractivity contribution in [3.05, 3.63) is 53.3 Å². The minimum absolute atomic E-state index is 0.170. The zero-order valence-electron chi connectivity index (χ0n) is 14.4. The fraction of sp³-hybridized carbons (Fsp3) is 0.333. The van der Waals surface area contributed by atoms with Crippen molar-refractivity contribution in [3.63, 3.8) is 0 Å². The Morgan fingerprint density at radius 2 is 2.04 bits per heavy atom. The maximum atomic E-state index is 12.5. The van der Waals surface area contributed by atoms with Crippen LogP contribution in [0.3, 0.4) is 0 Å². The minimum atomic E-state index is -5.05. The molecule has 27 heavy (non-hydrogen) atoms. The maximum absolute atomic E-state index is 12.5. The molecule has 2 aromatic rings. The number of rotatable bonds is 5. The smallest absolute Gasteiger partial charge is 0.490 e. The van der Waals surface area contributed by atoms with Gasteiger partial charge in [-0.25, -0.2) is 4.79 Å². The number of esters is 1. The quantitative estimate of drug-likeness (QED) is 0.802. The van der Waals surface area contributed by atoms with Gasteiger partial charge >= 0.3 is 12.1 Å². The summed E-state index contributed by atoms with van der Waals surface area (Å²) >= 11 is 0. The first-order valence-corrected chi connectivity index (χ1v) is 8.12. The Bertz CT molecular complexity index is 809. The number of halogens is 3. The van der Waals surface area contributed by atoms with Gasteiger partial charge in [-0.3, -0.25) is 10.3 Å². The maximum Gasteiger partial charge on any atom is 0.490 e. The van der Waals surface area contributed by atoms with E-state index in [9.17, 15) is 18.0 Å². The van der Waals surface area contributed by atoms with E-state index >= 15 is 0 Å². The molecular formula is C18H17F3N2O4. The molecule has 144 valence electrons. The summed E-state index contributed by atoms with van der Waals surface area (Å²) in [6.45, 7) is 0.571. The van der Waals surface area contributed by atoms with E-state index in [1.54, 1.807) is 36.5 Å². The molecule has 0 saturated carbocycles. The summed E-state index contributed by atoms with van der Waals surface area (Å²) in [5.41, 5.74) is 1.90. The number of carbonyl (C=O) groups is 1. The Morgan fingerprint density at radius 3 is 2.70 bits per heavy atom. The third kappa shape index (κ3) is 4.68. The summed E-state index contributed by atoms with van der Waals surface area (Å²) < 4.78 is 52.7. The van der Waals surface area contributed by atoms with Gasteiger partial charge in [-0.05, 0) is 36.2 Å². The molecule has 1 unspecified atom stereocenters. The van der Waals surface area contributed by atoms with E-state index < -0.39 is 18.4 Å². The standard InChI is InChI=1S/C18H17F3N2O4/c1-25-14-5-3-12(23-9-14)10-26-13-4-2-11-6-7-22-16(15(11)8-13)27-17(24)18(19,20)21/h2-5,8-9,16,22H,6-7,10H2,1H3. The molecule has 0 spiro atoms. The molecule has 6 nitrogen and oxygen atoms in total. The number of nitrogens with one attached hydrogen (secondary N) is 1. The summed E-state index contributed by atoms with van der Waals surface area (Å²) in [7, 11) is 1.54. The SMILES string of the molecule is COc1ccc(COc2ccc3c(c2)C(OC(=O)C(F)(F)F)NCC3)nc1. The number of ether oxygens (including phenoxy) is 3. The van der Waals surface area contributed by atoms with Gasteiger partial charge in [0.15, 0.2) is 6.23 Å². The molecule has 3 rings (SSSR count). The van der Waals surface area contributed by atoms with Crippen LogP contribution in [0.15, 0.2) is 36.5 Å². The van der Waals surface area contributed by atoms with Gasteiger partial charge in [-0.1, -0.05) is 6.07 Å². The lowest BCUT2D eigenvalue weighted by molar-refractivity contribution is -0.207. The highest BCUT2D eigenvalue weighted by atomic mass is 19.4. The second-order valence-corrected chi connectivity index (χ2v) is 5.83. The number of fused-ring (bicyclic) bond motifs is 1. The van der Waals surface area contributed by atoms with Gasteiger partial charge in [0.2, 0.25) is 0 Å². The molecule has 1 aliphatic heterocycles. The molecule has 0 amide bonds. The van der Waals surface area contributed by atoms with Crippen molar-refractivity contribution < 1.29 is 32.2 Å². The van der Waals surface area contributed by atoms with Gasteiger partial charge in [0.05, 0.1) is 19.0 Å². The van der Waals surface area contributed by atoms with Gasteiger partial charge in [0, 0.05) is 12.1 Å². The average Bonchev–Trinajstić information content (AvgIpc) is 2.66. The Morgan fingerprint density at radius 1 is 1.26 bits per heavy atom. The van der Waals surface area contributed by atoms with E-state index in [0.717, 1.165) is 5.56 Å². The molecule has 0 radical (unpaired) electrons. The number of carbonyl (C=O) groups excluding carboxylic acids is 1. The lowest BCUT2D eigenvalue weighted by Gasteiger charge is -2.27. The number of pyridine rings is 1. The largest absolute Gasteiger partial charge is 0.495 e. The van der Waals surface area contributed by atoms with Gasteiger partial charge in [0.25, 0.3) is 0 Å².